The number of rotatable bonds is 2. The van der Waals surface area contributed by atoms with Crippen LogP contribution in [-0.2, 0) is 0 Å². The lowest BCUT2D eigenvalue weighted by atomic mass is 9.72. The molecule has 4 rings (SSSR count). The van der Waals surface area contributed by atoms with Gasteiger partial charge < -0.3 is 20.2 Å². The number of aliphatic hydroxyl groups excluding tert-OH is 1. The van der Waals surface area contributed by atoms with Gasteiger partial charge in [-0.1, -0.05) is 24.3 Å². The number of likely N-dealkylation sites (N-methyl/N-ethyl adjacent to an activating group) is 1. The number of carbonyl (C=O) groups is 1. The van der Waals surface area contributed by atoms with E-state index in [1.54, 1.807) is 17.0 Å². The summed E-state index contributed by atoms with van der Waals surface area (Å²) in [5.74, 6) is -0.278. The van der Waals surface area contributed by atoms with E-state index in [0.29, 0.717) is 12.2 Å². The molecular weight excluding hydrogens is 321 g/mol. The minimum atomic E-state index is -0.399. The molecule has 2 amide bonds. The quantitative estimate of drug-likeness (QED) is 0.883. The topological polar surface area (TPSA) is 55.8 Å². The maximum absolute atomic E-state index is 13.3. The van der Waals surface area contributed by atoms with Crippen LogP contribution in [-0.4, -0.2) is 48.3 Å². The molecule has 2 aromatic carbocycles. The first-order valence-corrected chi connectivity index (χ1v) is 8.36. The molecule has 6 heteroatoms. The monoisotopic (exact) mass is 341 g/mol. The fourth-order valence-corrected chi connectivity index (χ4v) is 4.12. The van der Waals surface area contributed by atoms with Crippen LogP contribution in [0.25, 0.3) is 0 Å². The van der Waals surface area contributed by atoms with Gasteiger partial charge in [-0.25, -0.2) is 9.18 Å². The zero-order chi connectivity index (χ0) is 17.6. The van der Waals surface area contributed by atoms with Gasteiger partial charge in [0, 0.05) is 30.9 Å². The van der Waals surface area contributed by atoms with Crippen LogP contribution in [0, 0.1) is 5.82 Å². The first kappa shape index (κ1) is 15.9. The largest absolute Gasteiger partial charge is 0.394 e. The third-order valence-electron chi connectivity index (χ3n) is 5.21. The molecule has 0 spiro atoms. The summed E-state index contributed by atoms with van der Waals surface area (Å²) in [6.07, 6.45) is 0. The molecule has 3 atom stereocenters. The van der Waals surface area contributed by atoms with Gasteiger partial charge in [-0.05, 0) is 29.8 Å². The molecule has 0 saturated carbocycles. The summed E-state index contributed by atoms with van der Waals surface area (Å²) < 4.78 is 13.3. The van der Waals surface area contributed by atoms with Crippen LogP contribution in [0.4, 0.5) is 20.6 Å². The lowest BCUT2D eigenvalue weighted by molar-refractivity contribution is -0.00227. The molecule has 25 heavy (non-hydrogen) atoms. The zero-order valence-electron chi connectivity index (χ0n) is 13.9. The minimum absolute atomic E-state index is 0.00870. The number of benzene rings is 2. The van der Waals surface area contributed by atoms with Crippen LogP contribution >= 0.6 is 0 Å². The highest BCUT2D eigenvalue weighted by molar-refractivity contribution is 5.91. The van der Waals surface area contributed by atoms with Crippen LogP contribution in [0.5, 0.6) is 0 Å². The smallest absolute Gasteiger partial charge is 0.322 e. The predicted octanol–water partition coefficient (Wildman–Crippen LogP) is 2.64. The standard InChI is InChI=1S/C19H20FN3O2/c1-22-10-16-18(14-7-2-3-8-15(14)22)17(11-24)23(16)19(25)21-13-6-4-5-12(20)9-13/h2-9,16-18,24H,10-11H2,1H3,(H,21,25)/t16-,17-,18+/m0/s1. The summed E-state index contributed by atoms with van der Waals surface area (Å²) >= 11 is 0. The van der Waals surface area contributed by atoms with E-state index < -0.39 is 5.82 Å². The molecule has 5 nitrogen and oxygen atoms in total. The summed E-state index contributed by atoms with van der Waals surface area (Å²) in [4.78, 5) is 16.5. The van der Waals surface area contributed by atoms with E-state index in [9.17, 15) is 14.3 Å². The van der Waals surface area contributed by atoms with Crippen LogP contribution in [0.2, 0.25) is 0 Å². The SMILES string of the molecule is CN1C[C@H]2[C@@H](c3ccccc31)[C@H](CO)N2C(=O)Nc1cccc(F)c1. The molecule has 0 radical (unpaired) electrons. The summed E-state index contributed by atoms with van der Waals surface area (Å²) in [6, 6.07) is 13.3. The molecule has 2 aliphatic heterocycles. The fourth-order valence-electron chi connectivity index (χ4n) is 4.12. The zero-order valence-corrected chi connectivity index (χ0v) is 13.9. The molecular formula is C19H20FN3O2. The molecule has 0 bridgehead atoms. The Morgan fingerprint density at radius 2 is 2.08 bits per heavy atom. The Labute approximate surface area is 145 Å². The second kappa shape index (κ2) is 6.04. The van der Waals surface area contributed by atoms with Crippen molar-refractivity contribution < 1.29 is 14.3 Å². The normalized spacial score (nSPS) is 24.2. The van der Waals surface area contributed by atoms with E-state index in [2.05, 4.69) is 22.3 Å². The summed E-state index contributed by atoms with van der Waals surface area (Å²) in [5.41, 5.74) is 2.72. The van der Waals surface area contributed by atoms with Crippen molar-refractivity contribution in [3.8, 4) is 0 Å². The maximum atomic E-state index is 13.3. The highest BCUT2D eigenvalue weighted by Gasteiger charge is 2.54. The Morgan fingerprint density at radius 1 is 1.28 bits per heavy atom. The molecule has 0 aromatic heterocycles. The average molecular weight is 341 g/mol. The van der Waals surface area contributed by atoms with Gasteiger partial charge in [0.25, 0.3) is 0 Å². The van der Waals surface area contributed by atoms with Crippen molar-refractivity contribution in [2.75, 3.05) is 30.4 Å². The number of carbonyl (C=O) groups excluding carboxylic acids is 1. The molecule has 0 unspecified atom stereocenters. The molecule has 2 aliphatic rings. The number of urea groups is 1. The van der Waals surface area contributed by atoms with Gasteiger partial charge in [-0.2, -0.15) is 0 Å². The summed E-state index contributed by atoms with van der Waals surface area (Å²) in [5, 5.41) is 12.6. The third kappa shape index (κ3) is 2.53. The van der Waals surface area contributed by atoms with E-state index in [1.807, 2.05) is 19.2 Å². The Balaban J connectivity index is 1.59. The number of nitrogens with one attached hydrogen (secondary N) is 1. The highest BCUT2D eigenvalue weighted by atomic mass is 19.1. The first-order valence-electron chi connectivity index (χ1n) is 8.36. The van der Waals surface area contributed by atoms with Gasteiger partial charge in [0.05, 0.1) is 18.7 Å². The predicted molar refractivity (Wildman–Crippen MR) is 94.4 cm³/mol. The summed E-state index contributed by atoms with van der Waals surface area (Å²) in [7, 11) is 2.00. The maximum Gasteiger partial charge on any atom is 0.322 e. The number of halogens is 1. The van der Waals surface area contributed by atoms with Gasteiger partial charge >= 0.3 is 6.03 Å². The number of likely N-dealkylation sites (tertiary alicyclic amines) is 1. The van der Waals surface area contributed by atoms with Crippen molar-refractivity contribution in [1.82, 2.24) is 4.90 Å². The number of hydrogen-bond donors (Lipinski definition) is 2. The molecule has 2 aromatic rings. The number of para-hydroxylation sites is 1. The van der Waals surface area contributed by atoms with Gasteiger partial charge in [0.2, 0.25) is 0 Å². The van der Waals surface area contributed by atoms with E-state index in [1.165, 1.54) is 12.1 Å². The highest BCUT2D eigenvalue weighted by Crippen LogP contribution is 2.47. The lowest BCUT2D eigenvalue weighted by Gasteiger charge is -2.58. The van der Waals surface area contributed by atoms with Crippen LogP contribution in [0.15, 0.2) is 48.5 Å². The first-order chi connectivity index (χ1) is 12.1. The van der Waals surface area contributed by atoms with Crippen LogP contribution in [0.1, 0.15) is 11.5 Å². The number of anilines is 2. The van der Waals surface area contributed by atoms with Crippen LogP contribution < -0.4 is 10.2 Å². The van der Waals surface area contributed by atoms with Crippen molar-refractivity contribution in [2.45, 2.75) is 18.0 Å². The number of fused-ring (bicyclic) bond motifs is 3. The second-order valence-electron chi connectivity index (χ2n) is 6.63. The summed E-state index contributed by atoms with van der Waals surface area (Å²) in [6.45, 7) is 0.602. The number of nitrogens with zero attached hydrogens (tertiary/aromatic N) is 2. The Kier molecular flexibility index (Phi) is 3.84. The van der Waals surface area contributed by atoms with Gasteiger partial charge in [0.15, 0.2) is 0 Å². The number of aliphatic hydroxyl groups is 1. The van der Waals surface area contributed by atoms with Crippen molar-refractivity contribution in [2.24, 2.45) is 0 Å². The lowest BCUT2D eigenvalue weighted by Crippen LogP contribution is -2.70. The second-order valence-corrected chi connectivity index (χ2v) is 6.63. The third-order valence-corrected chi connectivity index (χ3v) is 5.21. The molecule has 1 saturated heterocycles. The average Bonchev–Trinajstić information content (AvgIpc) is 2.57. The Hall–Kier alpha value is -2.60. The van der Waals surface area contributed by atoms with Crippen LogP contribution in [0.3, 0.4) is 0 Å². The van der Waals surface area contributed by atoms with E-state index in [-0.39, 0.29) is 30.6 Å². The molecule has 1 fully saturated rings. The van der Waals surface area contributed by atoms with Crippen molar-refractivity contribution in [3.05, 3.63) is 59.9 Å². The number of amides is 2. The van der Waals surface area contributed by atoms with Gasteiger partial charge in [-0.3, -0.25) is 0 Å². The van der Waals surface area contributed by atoms with Gasteiger partial charge in [0.1, 0.15) is 5.82 Å². The molecule has 0 aliphatic carbocycles. The Bertz CT molecular complexity index is 813. The number of hydrogen-bond acceptors (Lipinski definition) is 3. The van der Waals surface area contributed by atoms with E-state index in [4.69, 9.17) is 0 Å². The van der Waals surface area contributed by atoms with Crippen molar-refractivity contribution >= 4 is 17.4 Å². The molecule has 2 heterocycles. The minimum Gasteiger partial charge on any atom is -0.394 e. The van der Waals surface area contributed by atoms with E-state index >= 15 is 0 Å². The Morgan fingerprint density at radius 3 is 2.84 bits per heavy atom. The van der Waals surface area contributed by atoms with Crippen molar-refractivity contribution in [1.29, 1.82) is 0 Å². The van der Waals surface area contributed by atoms with Crippen molar-refractivity contribution in [3.63, 3.8) is 0 Å². The molecule has 130 valence electrons. The van der Waals surface area contributed by atoms with E-state index in [0.717, 1.165) is 11.3 Å². The molecule has 2 N–H and O–H groups in total. The van der Waals surface area contributed by atoms with Gasteiger partial charge in [-0.15, -0.1) is 0 Å². The fraction of sp³-hybridized carbons (Fsp3) is 0.316.